The fourth-order valence-corrected chi connectivity index (χ4v) is 1.71. The topological polar surface area (TPSA) is 17.8 Å². The minimum atomic E-state index is 0.823. The van der Waals surface area contributed by atoms with Crippen LogP contribution in [0, 0.1) is 5.92 Å². The molecule has 0 bridgehead atoms. The molecule has 0 amide bonds. The molecule has 1 heterocycles. The van der Waals surface area contributed by atoms with Crippen LogP contribution in [0.15, 0.2) is 30.9 Å². The van der Waals surface area contributed by atoms with Crippen LogP contribution in [0.25, 0.3) is 0 Å². The zero-order chi connectivity index (χ0) is 8.23. The van der Waals surface area contributed by atoms with E-state index in [1.54, 1.807) is 0 Å². The van der Waals surface area contributed by atoms with Crippen LogP contribution in [0.1, 0.15) is 19.3 Å². The lowest BCUT2D eigenvalue weighted by Gasteiger charge is -2.17. The van der Waals surface area contributed by atoms with Gasteiger partial charge in [-0.1, -0.05) is 12.2 Å². The summed E-state index contributed by atoms with van der Waals surface area (Å²) < 4.78 is 2.17. The van der Waals surface area contributed by atoms with Crippen molar-refractivity contribution in [3.05, 3.63) is 30.9 Å². The van der Waals surface area contributed by atoms with Crippen molar-refractivity contribution in [3.63, 3.8) is 0 Å². The zero-order valence-corrected chi connectivity index (χ0v) is 7.19. The first-order valence-corrected chi connectivity index (χ1v) is 4.56. The average molecular weight is 162 g/mol. The van der Waals surface area contributed by atoms with Crippen LogP contribution < -0.4 is 0 Å². The Morgan fingerprint density at radius 2 is 2.42 bits per heavy atom. The molecule has 0 N–H and O–H groups in total. The number of rotatable bonds is 2. The largest absolute Gasteiger partial charge is 0.337 e. The van der Waals surface area contributed by atoms with E-state index in [1.165, 1.54) is 19.3 Å². The summed E-state index contributed by atoms with van der Waals surface area (Å²) in [6.07, 6.45) is 14.2. The van der Waals surface area contributed by atoms with Crippen LogP contribution in [0.4, 0.5) is 0 Å². The van der Waals surface area contributed by atoms with Crippen molar-refractivity contribution >= 4 is 0 Å². The Bertz CT molecular complexity index is 249. The summed E-state index contributed by atoms with van der Waals surface area (Å²) in [5.74, 6) is 0.823. The molecule has 2 nitrogen and oxygen atoms in total. The molecule has 2 rings (SSSR count). The van der Waals surface area contributed by atoms with Crippen LogP contribution in [0.5, 0.6) is 0 Å². The number of nitrogens with zero attached hydrogens (tertiary/aromatic N) is 2. The van der Waals surface area contributed by atoms with E-state index in [9.17, 15) is 0 Å². The standard InChI is InChI=1S/C10H14N2/c1-2-4-10(5-3-1)8-12-7-6-11-9-12/h1-2,6-7,9-10H,3-5,8H2. The third-order valence-electron chi connectivity index (χ3n) is 2.41. The highest BCUT2D eigenvalue weighted by Crippen LogP contribution is 2.19. The lowest BCUT2D eigenvalue weighted by atomic mass is 9.94. The minimum absolute atomic E-state index is 0.823. The number of allylic oxidation sites excluding steroid dienone is 2. The van der Waals surface area contributed by atoms with E-state index in [4.69, 9.17) is 0 Å². The highest BCUT2D eigenvalue weighted by atomic mass is 15.0. The van der Waals surface area contributed by atoms with E-state index in [0.717, 1.165) is 12.5 Å². The molecule has 0 aromatic carbocycles. The number of hydrogen-bond acceptors (Lipinski definition) is 1. The number of imidazole rings is 1. The van der Waals surface area contributed by atoms with Crippen LogP contribution >= 0.6 is 0 Å². The predicted octanol–water partition coefficient (Wildman–Crippen LogP) is 2.24. The van der Waals surface area contributed by atoms with Crippen molar-refractivity contribution in [2.45, 2.75) is 25.8 Å². The molecule has 1 aromatic heterocycles. The molecule has 12 heavy (non-hydrogen) atoms. The van der Waals surface area contributed by atoms with Gasteiger partial charge in [-0.3, -0.25) is 0 Å². The normalized spacial score (nSPS) is 22.8. The molecule has 0 saturated carbocycles. The highest BCUT2D eigenvalue weighted by Gasteiger charge is 2.09. The monoisotopic (exact) mass is 162 g/mol. The Labute approximate surface area is 72.9 Å². The van der Waals surface area contributed by atoms with Crippen molar-refractivity contribution in [2.24, 2.45) is 5.92 Å². The van der Waals surface area contributed by atoms with Gasteiger partial charge in [-0.25, -0.2) is 4.98 Å². The van der Waals surface area contributed by atoms with Gasteiger partial charge < -0.3 is 4.57 Å². The van der Waals surface area contributed by atoms with Gasteiger partial charge in [0, 0.05) is 18.9 Å². The van der Waals surface area contributed by atoms with Crippen LogP contribution in [0.3, 0.4) is 0 Å². The number of hydrogen-bond donors (Lipinski definition) is 0. The summed E-state index contributed by atoms with van der Waals surface area (Å²) in [6.45, 7) is 1.13. The second kappa shape index (κ2) is 3.57. The maximum atomic E-state index is 4.03. The van der Waals surface area contributed by atoms with Gasteiger partial charge in [-0.2, -0.15) is 0 Å². The van der Waals surface area contributed by atoms with Gasteiger partial charge in [0.1, 0.15) is 0 Å². The average Bonchev–Trinajstić information content (AvgIpc) is 2.59. The van der Waals surface area contributed by atoms with E-state index >= 15 is 0 Å². The van der Waals surface area contributed by atoms with E-state index in [0.29, 0.717) is 0 Å². The van der Waals surface area contributed by atoms with Crippen molar-refractivity contribution in [3.8, 4) is 0 Å². The van der Waals surface area contributed by atoms with Gasteiger partial charge in [-0.15, -0.1) is 0 Å². The molecular formula is C10H14N2. The van der Waals surface area contributed by atoms with Gasteiger partial charge in [0.2, 0.25) is 0 Å². The highest BCUT2D eigenvalue weighted by molar-refractivity contribution is 4.90. The maximum absolute atomic E-state index is 4.03. The third kappa shape index (κ3) is 1.76. The van der Waals surface area contributed by atoms with Gasteiger partial charge in [-0.05, 0) is 25.2 Å². The molecule has 0 fully saturated rings. The Balaban J connectivity index is 1.91. The molecule has 1 unspecified atom stereocenters. The van der Waals surface area contributed by atoms with Crippen molar-refractivity contribution in [1.29, 1.82) is 0 Å². The smallest absolute Gasteiger partial charge is 0.0945 e. The Morgan fingerprint density at radius 1 is 1.42 bits per heavy atom. The first-order valence-electron chi connectivity index (χ1n) is 4.56. The fraction of sp³-hybridized carbons (Fsp3) is 0.500. The lowest BCUT2D eigenvalue weighted by Crippen LogP contribution is -2.10. The maximum Gasteiger partial charge on any atom is 0.0945 e. The molecule has 0 radical (unpaired) electrons. The van der Waals surface area contributed by atoms with Gasteiger partial charge >= 0.3 is 0 Å². The van der Waals surface area contributed by atoms with E-state index in [-0.39, 0.29) is 0 Å². The molecule has 64 valence electrons. The first kappa shape index (κ1) is 7.59. The van der Waals surface area contributed by atoms with Crippen molar-refractivity contribution < 1.29 is 0 Å². The van der Waals surface area contributed by atoms with Gasteiger partial charge in [0.25, 0.3) is 0 Å². The zero-order valence-electron chi connectivity index (χ0n) is 7.19. The lowest BCUT2D eigenvalue weighted by molar-refractivity contribution is 0.410. The van der Waals surface area contributed by atoms with Gasteiger partial charge in [0.15, 0.2) is 0 Å². The minimum Gasteiger partial charge on any atom is -0.337 e. The summed E-state index contributed by atoms with van der Waals surface area (Å²) in [4.78, 5) is 4.03. The number of aromatic nitrogens is 2. The summed E-state index contributed by atoms with van der Waals surface area (Å²) in [7, 11) is 0. The second-order valence-electron chi connectivity index (χ2n) is 3.41. The predicted molar refractivity (Wildman–Crippen MR) is 48.7 cm³/mol. The fourth-order valence-electron chi connectivity index (χ4n) is 1.71. The molecule has 1 aliphatic rings. The summed E-state index contributed by atoms with van der Waals surface area (Å²) in [5.41, 5.74) is 0. The first-order chi connectivity index (χ1) is 5.95. The van der Waals surface area contributed by atoms with Crippen molar-refractivity contribution in [1.82, 2.24) is 9.55 Å². The molecular weight excluding hydrogens is 148 g/mol. The second-order valence-corrected chi connectivity index (χ2v) is 3.41. The third-order valence-corrected chi connectivity index (χ3v) is 2.41. The Hall–Kier alpha value is -1.05. The summed E-state index contributed by atoms with van der Waals surface area (Å²) in [6, 6.07) is 0. The molecule has 1 aromatic rings. The van der Waals surface area contributed by atoms with Crippen molar-refractivity contribution in [2.75, 3.05) is 0 Å². The van der Waals surface area contributed by atoms with Crippen LogP contribution in [-0.4, -0.2) is 9.55 Å². The summed E-state index contributed by atoms with van der Waals surface area (Å²) in [5, 5.41) is 0. The van der Waals surface area contributed by atoms with E-state index in [1.807, 2.05) is 18.7 Å². The molecule has 1 atom stereocenters. The summed E-state index contributed by atoms with van der Waals surface area (Å²) >= 11 is 0. The van der Waals surface area contributed by atoms with Gasteiger partial charge in [0.05, 0.1) is 6.33 Å². The molecule has 0 spiro atoms. The SMILES string of the molecule is C1=CCC(Cn2ccnc2)CC1. The van der Waals surface area contributed by atoms with E-state index in [2.05, 4.69) is 21.7 Å². The van der Waals surface area contributed by atoms with E-state index < -0.39 is 0 Å². The molecule has 2 heteroatoms. The Morgan fingerprint density at radius 3 is 3.08 bits per heavy atom. The van der Waals surface area contributed by atoms with Crippen LogP contribution in [0.2, 0.25) is 0 Å². The molecule has 1 aliphatic carbocycles. The quantitative estimate of drug-likeness (QED) is 0.610. The van der Waals surface area contributed by atoms with Crippen LogP contribution in [-0.2, 0) is 6.54 Å². The Kier molecular flexibility index (Phi) is 2.26. The molecule has 0 aliphatic heterocycles. The molecule has 0 saturated heterocycles.